The van der Waals surface area contributed by atoms with E-state index >= 15 is 0 Å². The van der Waals surface area contributed by atoms with Gasteiger partial charge in [0, 0.05) is 30.9 Å². The van der Waals surface area contributed by atoms with Gasteiger partial charge < -0.3 is 10.2 Å². The Morgan fingerprint density at radius 1 is 1.53 bits per heavy atom. The number of nitrogens with one attached hydrogen (secondary N) is 1. The molecule has 0 spiro atoms. The molecular weight excluding hydrogens is 259 g/mol. The molecule has 4 nitrogen and oxygen atoms in total. The minimum absolute atomic E-state index is 0.193. The fraction of sp³-hybridized carbons (Fsp3) is 0.636. The lowest BCUT2D eigenvalue weighted by molar-refractivity contribution is 0.292. The second kappa shape index (κ2) is 5.96. The molecule has 94 valence electrons. The van der Waals surface area contributed by atoms with Gasteiger partial charge >= 0.3 is 0 Å². The third-order valence-electron chi connectivity index (χ3n) is 2.92. The molecule has 1 unspecified atom stereocenters. The van der Waals surface area contributed by atoms with Crippen LogP contribution in [-0.2, 0) is 6.54 Å². The van der Waals surface area contributed by atoms with Crippen molar-refractivity contribution in [1.29, 1.82) is 0 Å². The molecule has 1 aromatic heterocycles. The molecule has 0 aliphatic carbocycles. The van der Waals surface area contributed by atoms with Crippen molar-refractivity contribution in [3.05, 3.63) is 22.2 Å². The van der Waals surface area contributed by atoms with Gasteiger partial charge in [-0.05, 0) is 38.0 Å². The van der Waals surface area contributed by atoms with E-state index in [0.717, 1.165) is 25.2 Å². The van der Waals surface area contributed by atoms with E-state index in [0.29, 0.717) is 11.2 Å². The van der Waals surface area contributed by atoms with E-state index in [1.165, 1.54) is 12.8 Å². The Labute approximate surface area is 111 Å². The summed E-state index contributed by atoms with van der Waals surface area (Å²) < 4.78 is 0. The van der Waals surface area contributed by atoms with Crippen molar-refractivity contribution in [3.8, 4) is 0 Å². The molecule has 0 aromatic carbocycles. The predicted molar refractivity (Wildman–Crippen MR) is 69.4 cm³/mol. The van der Waals surface area contributed by atoms with Crippen LogP contribution in [0.15, 0.2) is 6.20 Å². The van der Waals surface area contributed by atoms with Crippen LogP contribution < -0.4 is 5.32 Å². The third-order valence-corrected chi connectivity index (χ3v) is 3.43. The first-order valence-electron chi connectivity index (χ1n) is 5.74. The lowest BCUT2D eigenvalue weighted by Crippen LogP contribution is -2.35. The van der Waals surface area contributed by atoms with Crippen molar-refractivity contribution in [2.75, 3.05) is 20.1 Å². The summed E-state index contributed by atoms with van der Waals surface area (Å²) in [7, 11) is 2.07. The number of hydrogen-bond donors (Lipinski definition) is 1. The van der Waals surface area contributed by atoms with Crippen molar-refractivity contribution in [2.45, 2.75) is 25.4 Å². The SMILES string of the molecule is CN(Cc1cnc(Cl)nc1Cl)CC1CCCN1. The molecule has 0 amide bonds. The lowest BCUT2D eigenvalue weighted by Gasteiger charge is -2.21. The summed E-state index contributed by atoms with van der Waals surface area (Å²) in [5, 5.41) is 4.10. The fourth-order valence-corrected chi connectivity index (χ4v) is 2.48. The van der Waals surface area contributed by atoms with Crippen molar-refractivity contribution < 1.29 is 0 Å². The van der Waals surface area contributed by atoms with Crippen molar-refractivity contribution in [2.24, 2.45) is 0 Å². The van der Waals surface area contributed by atoms with Crippen LogP contribution in [0, 0.1) is 0 Å². The number of aromatic nitrogens is 2. The Morgan fingerprint density at radius 2 is 2.35 bits per heavy atom. The second-order valence-electron chi connectivity index (χ2n) is 4.45. The number of halogens is 2. The maximum atomic E-state index is 6.01. The van der Waals surface area contributed by atoms with Crippen LogP contribution in [-0.4, -0.2) is 41.0 Å². The first-order valence-corrected chi connectivity index (χ1v) is 6.49. The van der Waals surface area contributed by atoms with Gasteiger partial charge in [-0.25, -0.2) is 9.97 Å². The summed E-state index contributed by atoms with van der Waals surface area (Å²) in [5.41, 5.74) is 0.913. The Kier molecular flexibility index (Phi) is 4.56. The number of rotatable bonds is 4. The van der Waals surface area contributed by atoms with E-state index in [4.69, 9.17) is 23.2 Å². The molecule has 17 heavy (non-hydrogen) atoms. The van der Waals surface area contributed by atoms with Crippen LogP contribution in [0.3, 0.4) is 0 Å². The monoisotopic (exact) mass is 274 g/mol. The highest BCUT2D eigenvalue weighted by Gasteiger charge is 2.16. The molecule has 1 fully saturated rings. The van der Waals surface area contributed by atoms with E-state index < -0.39 is 0 Å². The van der Waals surface area contributed by atoms with Crippen LogP contribution in [0.4, 0.5) is 0 Å². The van der Waals surface area contributed by atoms with E-state index in [1.54, 1.807) is 6.20 Å². The van der Waals surface area contributed by atoms with Crippen LogP contribution in [0.5, 0.6) is 0 Å². The topological polar surface area (TPSA) is 41.1 Å². The smallest absolute Gasteiger partial charge is 0.223 e. The largest absolute Gasteiger partial charge is 0.313 e. The number of likely N-dealkylation sites (N-methyl/N-ethyl adjacent to an activating group) is 1. The average Bonchev–Trinajstić information content (AvgIpc) is 2.75. The summed E-state index contributed by atoms with van der Waals surface area (Å²) in [4.78, 5) is 10.1. The molecule has 0 bridgehead atoms. The highest BCUT2D eigenvalue weighted by molar-refractivity contribution is 6.32. The van der Waals surface area contributed by atoms with Gasteiger partial charge in [-0.3, -0.25) is 0 Å². The molecule has 1 aromatic rings. The minimum Gasteiger partial charge on any atom is -0.313 e. The molecule has 0 radical (unpaired) electrons. The average molecular weight is 275 g/mol. The zero-order valence-corrected chi connectivity index (χ0v) is 11.3. The third kappa shape index (κ3) is 3.78. The summed E-state index contributed by atoms with van der Waals surface area (Å²) in [6.07, 6.45) is 4.20. The van der Waals surface area contributed by atoms with Gasteiger partial charge in [0.25, 0.3) is 0 Å². The van der Waals surface area contributed by atoms with Crippen molar-refractivity contribution >= 4 is 23.2 Å². The van der Waals surface area contributed by atoms with E-state index in [9.17, 15) is 0 Å². The maximum absolute atomic E-state index is 6.01. The zero-order chi connectivity index (χ0) is 12.3. The maximum Gasteiger partial charge on any atom is 0.223 e. The van der Waals surface area contributed by atoms with E-state index in [1.807, 2.05) is 0 Å². The number of nitrogens with zero attached hydrogens (tertiary/aromatic N) is 3. The van der Waals surface area contributed by atoms with Crippen LogP contribution in [0.25, 0.3) is 0 Å². The molecule has 1 atom stereocenters. The second-order valence-corrected chi connectivity index (χ2v) is 5.14. The van der Waals surface area contributed by atoms with Gasteiger partial charge in [0.1, 0.15) is 5.15 Å². The van der Waals surface area contributed by atoms with Gasteiger partial charge in [0.05, 0.1) is 0 Å². The first kappa shape index (κ1) is 13.0. The Bertz CT molecular complexity index is 380. The van der Waals surface area contributed by atoms with Gasteiger partial charge in [-0.1, -0.05) is 11.6 Å². The van der Waals surface area contributed by atoms with Crippen LogP contribution >= 0.6 is 23.2 Å². The standard InChI is InChI=1S/C11H16Cl2N4/c1-17(7-9-3-2-4-14-9)6-8-5-15-11(13)16-10(8)12/h5,9,14H,2-4,6-7H2,1H3. The molecule has 6 heteroatoms. The van der Waals surface area contributed by atoms with Gasteiger partial charge in [-0.2, -0.15) is 0 Å². The normalized spacial score (nSPS) is 20.1. The lowest BCUT2D eigenvalue weighted by atomic mass is 10.2. The molecule has 2 heterocycles. The van der Waals surface area contributed by atoms with Gasteiger partial charge in [-0.15, -0.1) is 0 Å². The fourth-order valence-electron chi connectivity index (χ4n) is 2.12. The van der Waals surface area contributed by atoms with Gasteiger partial charge in [0.15, 0.2) is 0 Å². The van der Waals surface area contributed by atoms with Crippen LogP contribution in [0.2, 0.25) is 10.4 Å². The van der Waals surface area contributed by atoms with Crippen molar-refractivity contribution in [1.82, 2.24) is 20.2 Å². The molecule has 1 aliphatic heterocycles. The number of hydrogen-bond acceptors (Lipinski definition) is 4. The summed E-state index contributed by atoms with van der Waals surface area (Å²) in [6.45, 7) is 2.89. The molecule has 1 aliphatic rings. The van der Waals surface area contributed by atoms with Gasteiger partial charge in [0.2, 0.25) is 5.28 Å². The van der Waals surface area contributed by atoms with E-state index in [-0.39, 0.29) is 5.28 Å². The highest BCUT2D eigenvalue weighted by Crippen LogP contribution is 2.16. The predicted octanol–water partition coefficient (Wildman–Crippen LogP) is 1.97. The van der Waals surface area contributed by atoms with E-state index in [2.05, 4.69) is 27.2 Å². The zero-order valence-electron chi connectivity index (χ0n) is 9.79. The minimum atomic E-state index is 0.193. The summed E-state index contributed by atoms with van der Waals surface area (Å²) >= 11 is 11.7. The highest BCUT2D eigenvalue weighted by atomic mass is 35.5. The van der Waals surface area contributed by atoms with Crippen molar-refractivity contribution in [3.63, 3.8) is 0 Å². The molecule has 1 saturated heterocycles. The molecular formula is C11H16Cl2N4. The Hall–Kier alpha value is -0.420. The Balaban J connectivity index is 1.90. The molecule has 0 saturated carbocycles. The summed E-state index contributed by atoms with van der Waals surface area (Å²) in [5.74, 6) is 0. The molecule has 2 rings (SSSR count). The summed E-state index contributed by atoms with van der Waals surface area (Å²) in [6, 6.07) is 0.590. The molecule has 1 N–H and O–H groups in total. The Morgan fingerprint density at radius 3 is 3.00 bits per heavy atom. The first-order chi connectivity index (χ1) is 8.15. The van der Waals surface area contributed by atoms with Crippen LogP contribution in [0.1, 0.15) is 18.4 Å². The quantitative estimate of drug-likeness (QED) is 0.673.